The Labute approximate surface area is 88.2 Å². The third kappa shape index (κ3) is 2.81. The maximum Gasteiger partial charge on any atom is 0.0273 e. The van der Waals surface area contributed by atoms with Crippen molar-refractivity contribution in [2.45, 2.75) is 39.5 Å². The van der Waals surface area contributed by atoms with Crippen LogP contribution in [0.4, 0.5) is 0 Å². The van der Waals surface area contributed by atoms with Crippen LogP contribution in [0.2, 0.25) is 0 Å². The molecule has 1 heterocycles. The van der Waals surface area contributed by atoms with E-state index in [1.165, 1.54) is 32.4 Å². The van der Waals surface area contributed by atoms with E-state index in [1.807, 2.05) is 7.05 Å². The topological polar surface area (TPSA) is 24.4 Å². The highest BCUT2D eigenvalue weighted by atomic mass is 14.9. The number of hydrogen-bond donors (Lipinski definition) is 1. The molecule has 0 aromatic rings. The first-order valence-electron chi connectivity index (χ1n) is 5.84. The van der Waals surface area contributed by atoms with Gasteiger partial charge in [-0.1, -0.05) is 20.3 Å². The zero-order valence-corrected chi connectivity index (χ0v) is 9.84. The fourth-order valence-electron chi connectivity index (χ4n) is 2.58. The number of nitrogens with zero attached hydrogens (tertiary/aromatic N) is 1. The van der Waals surface area contributed by atoms with Crippen LogP contribution in [0, 0.1) is 11.3 Å². The molecular weight excluding hydrogens is 172 g/mol. The molecule has 14 heavy (non-hydrogen) atoms. The van der Waals surface area contributed by atoms with Crippen molar-refractivity contribution in [1.29, 1.82) is 0 Å². The summed E-state index contributed by atoms with van der Waals surface area (Å²) in [5.74, 6) is 0.813. The maximum absolute atomic E-state index is 4.11. The first-order valence-corrected chi connectivity index (χ1v) is 5.84. The van der Waals surface area contributed by atoms with Crippen LogP contribution in [0.1, 0.15) is 39.5 Å². The van der Waals surface area contributed by atoms with Crippen LogP contribution in [0.3, 0.4) is 0 Å². The van der Waals surface area contributed by atoms with Crippen LogP contribution in [0.25, 0.3) is 0 Å². The Kier molecular flexibility index (Phi) is 4.59. The molecule has 1 saturated heterocycles. The van der Waals surface area contributed by atoms with Crippen LogP contribution in [0.15, 0.2) is 4.99 Å². The molecule has 1 N–H and O–H groups in total. The molecule has 0 bridgehead atoms. The molecule has 2 nitrogen and oxygen atoms in total. The van der Waals surface area contributed by atoms with E-state index in [9.17, 15) is 0 Å². The Morgan fingerprint density at radius 2 is 2.07 bits per heavy atom. The van der Waals surface area contributed by atoms with Crippen molar-refractivity contribution in [2.24, 2.45) is 16.3 Å². The molecule has 0 aromatic carbocycles. The van der Waals surface area contributed by atoms with Gasteiger partial charge in [-0.25, -0.2) is 0 Å². The SMILES string of the molecule is CCC(CC=NC)C1(C)CCNCC1. The molecule has 1 aliphatic heterocycles. The molecule has 0 saturated carbocycles. The van der Waals surface area contributed by atoms with Crippen molar-refractivity contribution < 1.29 is 0 Å². The predicted octanol–water partition coefficient (Wildman–Crippen LogP) is 2.49. The van der Waals surface area contributed by atoms with Gasteiger partial charge >= 0.3 is 0 Å². The van der Waals surface area contributed by atoms with Crippen molar-refractivity contribution in [3.05, 3.63) is 0 Å². The second kappa shape index (κ2) is 5.50. The Balaban J connectivity index is 2.55. The van der Waals surface area contributed by atoms with Gasteiger partial charge in [-0.2, -0.15) is 0 Å². The van der Waals surface area contributed by atoms with Gasteiger partial charge < -0.3 is 10.3 Å². The van der Waals surface area contributed by atoms with Gasteiger partial charge in [0.15, 0.2) is 0 Å². The Bertz CT molecular complexity index is 181. The Hall–Kier alpha value is -0.370. The minimum absolute atomic E-state index is 0.543. The largest absolute Gasteiger partial charge is 0.317 e. The van der Waals surface area contributed by atoms with Gasteiger partial charge in [0, 0.05) is 7.05 Å². The summed E-state index contributed by atoms with van der Waals surface area (Å²) in [7, 11) is 1.87. The predicted molar refractivity (Wildman–Crippen MR) is 63.0 cm³/mol. The number of rotatable bonds is 4. The molecule has 0 radical (unpaired) electrons. The highest BCUT2D eigenvalue weighted by molar-refractivity contribution is 5.57. The van der Waals surface area contributed by atoms with E-state index >= 15 is 0 Å². The van der Waals surface area contributed by atoms with E-state index in [4.69, 9.17) is 0 Å². The van der Waals surface area contributed by atoms with E-state index in [0.29, 0.717) is 5.41 Å². The first kappa shape index (κ1) is 11.7. The van der Waals surface area contributed by atoms with E-state index in [0.717, 1.165) is 12.3 Å². The van der Waals surface area contributed by atoms with Gasteiger partial charge in [-0.3, -0.25) is 0 Å². The van der Waals surface area contributed by atoms with Crippen LogP contribution in [-0.2, 0) is 0 Å². The molecule has 1 aliphatic rings. The molecule has 1 fully saturated rings. The molecule has 0 spiro atoms. The van der Waals surface area contributed by atoms with Gasteiger partial charge in [-0.15, -0.1) is 0 Å². The highest BCUT2D eigenvalue weighted by Crippen LogP contribution is 2.39. The summed E-state index contributed by atoms with van der Waals surface area (Å²) in [6.45, 7) is 7.14. The standard InChI is InChI=1S/C12H24N2/c1-4-11(5-8-13-3)12(2)6-9-14-10-7-12/h8,11,14H,4-7,9-10H2,1-3H3. The average molecular weight is 196 g/mol. The summed E-state index contributed by atoms with van der Waals surface area (Å²) >= 11 is 0. The second-order valence-corrected chi connectivity index (χ2v) is 4.69. The van der Waals surface area contributed by atoms with E-state index < -0.39 is 0 Å². The van der Waals surface area contributed by atoms with Crippen molar-refractivity contribution in [3.8, 4) is 0 Å². The van der Waals surface area contributed by atoms with Crippen molar-refractivity contribution in [3.63, 3.8) is 0 Å². The summed E-state index contributed by atoms with van der Waals surface area (Å²) < 4.78 is 0. The van der Waals surface area contributed by atoms with Gasteiger partial charge in [0.25, 0.3) is 0 Å². The maximum atomic E-state index is 4.11. The van der Waals surface area contributed by atoms with Crippen molar-refractivity contribution in [2.75, 3.05) is 20.1 Å². The van der Waals surface area contributed by atoms with Gasteiger partial charge in [-0.05, 0) is 49.9 Å². The minimum atomic E-state index is 0.543. The molecular formula is C12H24N2. The Morgan fingerprint density at radius 3 is 2.57 bits per heavy atom. The molecule has 1 unspecified atom stereocenters. The normalized spacial score (nSPS) is 23.9. The molecule has 0 aromatic heterocycles. The van der Waals surface area contributed by atoms with E-state index in [-0.39, 0.29) is 0 Å². The monoisotopic (exact) mass is 196 g/mol. The third-order valence-electron chi connectivity index (χ3n) is 3.80. The summed E-state index contributed by atoms with van der Waals surface area (Å²) in [5.41, 5.74) is 0.543. The zero-order chi connectivity index (χ0) is 10.4. The quantitative estimate of drug-likeness (QED) is 0.686. The van der Waals surface area contributed by atoms with E-state index in [1.54, 1.807) is 0 Å². The molecule has 1 atom stereocenters. The smallest absolute Gasteiger partial charge is 0.0273 e. The lowest BCUT2D eigenvalue weighted by molar-refractivity contribution is 0.130. The van der Waals surface area contributed by atoms with Crippen LogP contribution < -0.4 is 5.32 Å². The lowest BCUT2D eigenvalue weighted by Gasteiger charge is -2.40. The number of aliphatic imine (C=N–C) groups is 1. The number of hydrogen-bond acceptors (Lipinski definition) is 2. The fraction of sp³-hybridized carbons (Fsp3) is 0.917. The number of nitrogens with one attached hydrogen (secondary N) is 1. The summed E-state index contributed by atoms with van der Waals surface area (Å²) in [4.78, 5) is 4.11. The van der Waals surface area contributed by atoms with Crippen LogP contribution in [-0.4, -0.2) is 26.4 Å². The molecule has 2 heteroatoms. The van der Waals surface area contributed by atoms with Crippen LogP contribution in [0.5, 0.6) is 0 Å². The lowest BCUT2D eigenvalue weighted by atomic mass is 9.68. The second-order valence-electron chi connectivity index (χ2n) is 4.69. The van der Waals surface area contributed by atoms with Crippen molar-refractivity contribution >= 4 is 6.21 Å². The molecule has 1 rings (SSSR count). The van der Waals surface area contributed by atoms with E-state index in [2.05, 4.69) is 30.4 Å². The Morgan fingerprint density at radius 1 is 1.43 bits per heavy atom. The summed E-state index contributed by atoms with van der Waals surface area (Å²) in [6, 6.07) is 0. The average Bonchev–Trinajstić information content (AvgIpc) is 2.20. The lowest BCUT2D eigenvalue weighted by Crippen LogP contribution is -2.39. The molecule has 82 valence electrons. The van der Waals surface area contributed by atoms with Gasteiger partial charge in [0.1, 0.15) is 0 Å². The van der Waals surface area contributed by atoms with Gasteiger partial charge in [0.05, 0.1) is 0 Å². The highest BCUT2D eigenvalue weighted by Gasteiger charge is 2.33. The molecule has 0 amide bonds. The summed E-state index contributed by atoms with van der Waals surface area (Å²) in [5, 5.41) is 3.44. The molecule has 0 aliphatic carbocycles. The third-order valence-corrected chi connectivity index (χ3v) is 3.80. The van der Waals surface area contributed by atoms with Crippen molar-refractivity contribution in [1.82, 2.24) is 5.32 Å². The first-order chi connectivity index (χ1) is 6.73. The number of piperidine rings is 1. The summed E-state index contributed by atoms with van der Waals surface area (Å²) in [6.07, 6.45) is 7.17. The fourth-order valence-corrected chi connectivity index (χ4v) is 2.58. The van der Waals surface area contributed by atoms with Gasteiger partial charge in [0.2, 0.25) is 0 Å². The zero-order valence-electron chi connectivity index (χ0n) is 9.84. The minimum Gasteiger partial charge on any atom is -0.317 e. The van der Waals surface area contributed by atoms with Crippen LogP contribution >= 0.6 is 0 Å².